The summed E-state index contributed by atoms with van der Waals surface area (Å²) in [5, 5.41) is 24.3. The summed E-state index contributed by atoms with van der Waals surface area (Å²) in [5.74, 6) is -1.99. The number of morpholine rings is 1. The Kier molecular flexibility index (Phi) is 9.67. The van der Waals surface area contributed by atoms with E-state index in [0.29, 0.717) is 60.0 Å². The molecule has 0 bridgehead atoms. The van der Waals surface area contributed by atoms with Gasteiger partial charge in [0.15, 0.2) is 6.73 Å². The molecule has 1 amide bonds. The molecule has 3 heterocycles. The molecule has 4 aromatic rings. The summed E-state index contributed by atoms with van der Waals surface area (Å²) in [6, 6.07) is 11.0. The number of carboxylic acid groups (broad SMARTS) is 1. The molecule has 2 aliphatic rings. The Morgan fingerprint density at radius 2 is 1.83 bits per heavy atom. The van der Waals surface area contributed by atoms with Crippen LogP contribution in [0, 0.1) is 5.82 Å². The van der Waals surface area contributed by atoms with Crippen molar-refractivity contribution in [3.05, 3.63) is 87.4 Å². The van der Waals surface area contributed by atoms with Gasteiger partial charge < -0.3 is 34.2 Å². The van der Waals surface area contributed by atoms with Crippen LogP contribution >= 0.6 is 23.2 Å². The number of fused-ring (bicyclic) bond motifs is 1. The average molecular weight is 686 g/mol. The number of methoxy groups -OCH3 is 1. The molecule has 1 aromatic heterocycles. The summed E-state index contributed by atoms with van der Waals surface area (Å²) in [4.78, 5) is 29.0. The third-order valence-electron chi connectivity index (χ3n) is 8.05. The van der Waals surface area contributed by atoms with Crippen molar-refractivity contribution < 1.29 is 38.4 Å². The first kappa shape index (κ1) is 32.7. The van der Waals surface area contributed by atoms with Crippen LogP contribution in [-0.4, -0.2) is 89.6 Å². The van der Waals surface area contributed by atoms with Crippen LogP contribution in [0.4, 0.5) is 10.1 Å². The number of hydrogen-bond acceptors (Lipinski definition) is 8. The van der Waals surface area contributed by atoms with Gasteiger partial charge in [-0.2, -0.15) is 5.10 Å². The van der Waals surface area contributed by atoms with Crippen LogP contribution in [0.15, 0.2) is 54.9 Å². The van der Waals surface area contributed by atoms with E-state index in [1.54, 1.807) is 47.4 Å². The number of amides is 1. The molecule has 246 valence electrons. The largest absolute Gasteiger partial charge is 0.478 e. The molecule has 0 saturated carbocycles. The van der Waals surface area contributed by atoms with E-state index in [-0.39, 0.29) is 53.2 Å². The number of carbonyl (C=O) groups excluding carboxylic acids is 1. The van der Waals surface area contributed by atoms with Gasteiger partial charge in [-0.1, -0.05) is 41.4 Å². The molecular weight excluding hydrogens is 654 g/mol. The molecule has 1 saturated heterocycles. The summed E-state index contributed by atoms with van der Waals surface area (Å²) in [5.41, 5.74) is 2.95. The fourth-order valence-corrected chi connectivity index (χ4v) is 6.45. The Morgan fingerprint density at radius 1 is 1.09 bits per heavy atom. The number of para-hydroxylation sites is 1. The molecule has 2 aliphatic heterocycles. The van der Waals surface area contributed by atoms with Crippen LogP contribution in [0.2, 0.25) is 10.0 Å². The zero-order valence-corrected chi connectivity index (χ0v) is 26.8. The Balaban J connectivity index is 1.25. The molecule has 11 nitrogen and oxygen atoms in total. The van der Waals surface area contributed by atoms with Gasteiger partial charge in [-0.25, -0.2) is 9.18 Å². The van der Waals surface area contributed by atoms with Gasteiger partial charge in [0.25, 0.3) is 5.91 Å². The lowest BCUT2D eigenvalue weighted by atomic mass is 9.97. The molecule has 47 heavy (non-hydrogen) atoms. The van der Waals surface area contributed by atoms with Crippen molar-refractivity contribution in [3.8, 4) is 28.0 Å². The van der Waals surface area contributed by atoms with E-state index in [9.17, 15) is 19.8 Å². The molecule has 0 aliphatic carbocycles. The molecule has 1 unspecified atom stereocenters. The Labute approximate surface area is 279 Å². The Hall–Kier alpha value is -4.20. The lowest BCUT2D eigenvalue weighted by Crippen LogP contribution is -2.37. The number of carboxylic acids is 1. The van der Waals surface area contributed by atoms with E-state index in [0.717, 1.165) is 6.07 Å². The zero-order valence-electron chi connectivity index (χ0n) is 25.3. The fourth-order valence-electron chi connectivity index (χ4n) is 5.80. The number of ether oxygens (including phenoxy) is 3. The Morgan fingerprint density at radius 3 is 2.53 bits per heavy atom. The second-order valence-corrected chi connectivity index (χ2v) is 12.0. The number of rotatable bonds is 9. The SMILES string of the molecule is COCC(O)Cn1cc(-c2cc(Cl)c(C(=O)N3COc4c(cccc4-c4cc(N5CCOCC5)c(C(=O)O)cc4F)C3)c(Cl)c2)cn1. The summed E-state index contributed by atoms with van der Waals surface area (Å²) >= 11 is 13.2. The van der Waals surface area contributed by atoms with Crippen molar-refractivity contribution in [3.63, 3.8) is 0 Å². The first-order valence-corrected chi connectivity index (χ1v) is 15.5. The van der Waals surface area contributed by atoms with Crippen LogP contribution in [0.5, 0.6) is 5.75 Å². The van der Waals surface area contributed by atoms with E-state index >= 15 is 4.39 Å². The lowest BCUT2D eigenvalue weighted by Gasteiger charge is -2.32. The lowest BCUT2D eigenvalue weighted by molar-refractivity contribution is 0.0512. The van der Waals surface area contributed by atoms with Crippen LogP contribution in [0.1, 0.15) is 26.3 Å². The number of anilines is 1. The fraction of sp³-hybridized carbons (Fsp3) is 0.303. The van der Waals surface area contributed by atoms with E-state index < -0.39 is 23.8 Å². The van der Waals surface area contributed by atoms with Gasteiger partial charge in [0.05, 0.1) is 72.1 Å². The first-order valence-electron chi connectivity index (χ1n) is 14.8. The van der Waals surface area contributed by atoms with Crippen molar-refractivity contribution in [2.24, 2.45) is 0 Å². The molecule has 6 rings (SSSR count). The van der Waals surface area contributed by atoms with Gasteiger partial charge in [0.1, 0.15) is 11.6 Å². The van der Waals surface area contributed by atoms with Crippen LogP contribution in [0.3, 0.4) is 0 Å². The predicted octanol–water partition coefficient (Wildman–Crippen LogP) is 5.20. The van der Waals surface area contributed by atoms with E-state index in [2.05, 4.69) is 5.10 Å². The maximum atomic E-state index is 15.5. The zero-order chi connectivity index (χ0) is 33.2. The number of benzene rings is 3. The third-order valence-corrected chi connectivity index (χ3v) is 8.64. The maximum absolute atomic E-state index is 15.5. The molecule has 0 spiro atoms. The molecule has 0 radical (unpaired) electrons. The van der Waals surface area contributed by atoms with Crippen LogP contribution in [0.25, 0.3) is 22.3 Å². The van der Waals surface area contributed by atoms with Gasteiger partial charge >= 0.3 is 5.97 Å². The maximum Gasteiger partial charge on any atom is 0.337 e. The van der Waals surface area contributed by atoms with E-state index in [4.69, 9.17) is 37.4 Å². The van der Waals surface area contributed by atoms with E-state index in [1.165, 1.54) is 18.1 Å². The monoisotopic (exact) mass is 684 g/mol. The summed E-state index contributed by atoms with van der Waals surface area (Å²) in [6.07, 6.45) is 2.62. The number of aromatic carboxylic acids is 1. The predicted molar refractivity (Wildman–Crippen MR) is 173 cm³/mol. The second kappa shape index (κ2) is 13.9. The summed E-state index contributed by atoms with van der Waals surface area (Å²) in [7, 11) is 1.50. The highest BCUT2D eigenvalue weighted by molar-refractivity contribution is 6.40. The number of aliphatic hydroxyl groups is 1. The number of aliphatic hydroxyl groups excluding tert-OH is 1. The molecule has 1 atom stereocenters. The van der Waals surface area contributed by atoms with Gasteiger partial charge in [0.2, 0.25) is 0 Å². The minimum absolute atomic E-state index is 0.105. The smallest absolute Gasteiger partial charge is 0.337 e. The topological polar surface area (TPSA) is 127 Å². The third kappa shape index (κ3) is 6.78. The number of aromatic nitrogens is 2. The molecule has 1 fully saturated rings. The van der Waals surface area contributed by atoms with E-state index in [1.807, 2.05) is 4.90 Å². The molecular formula is C33H31Cl2FN4O7. The standard InChI is InChI=1S/C33H31Cl2FN4O7/c1-45-17-22(41)16-40-15-21(13-37-40)20-9-26(34)30(27(35)10-20)32(42)39-14-19-3-2-4-23(31(19)47-18-39)24-12-29(38-5-7-46-8-6-38)25(33(43)44)11-28(24)36/h2-4,9-13,15,22,41H,5-8,14,16-18H2,1H3,(H,43,44). The quantitative estimate of drug-likeness (QED) is 0.245. The van der Waals surface area contributed by atoms with Crippen molar-refractivity contribution in [1.29, 1.82) is 0 Å². The highest BCUT2D eigenvalue weighted by atomic mass is 35.5. The minimum Gasteiger partial charge on any atom is -0.478 e. The van der Waals surface area contributed by atoms with Gasteiger partial charge in [-0.3, -0.25) is 9.48 Å². The molecule has 3 aromatic carbocycles. The second-order valence-electron chi connectivity index (χ2n) is 11.2. The summed E-state index contributed by atoms with van der Waals surface area (Å²) in [6.45, 7) is 2.20. The van der Waals surface area contributed by atoms with Crippen molar-refractivity contribution >= 4 is 40.8 Å². The van der Waals surface area contributed by atoms with Crippen molar-refractivity contribution in [2.75, 3.05) is 51.7 Å². The highest BCUT2D eigenvalue weighted by Gasteiger charge is 2.30. The molecule has 2 N–H and O–H groups in total. The summed E-state index contributed by atoms with van der Waals surface area (Å²) < 4.78 is 33.5. The average Bonchev–Trinajstić information content (AvgIpc) is 3.52. The van der Waals surface area contributed by atoms with Gasteiger partial charge in [0, 0.05) is 48.6 Å². The first-order chi connectivity index (χ1) is 22.6. The van der Waals surface area contributed by atoms with Gasteiger partial charge in [-0.05, 0) is 29.8 Å². The minimum atomic E-state index is -1.23. The number of hydrogen-bond donors (Lipinski definition) is 2. The van der Waals surface area contributed by atoms with Gasteiger partial charge in [-0.15, -0.1) is 0 Å². The number of carbonyl (C=O) groups is 2. The van der Waals surface area contributed by atoms with Crippen LogP contribution < -0.4 is 9.64 Å². The van der Waals surface area contributed by atoms with Crippen LogP contribution in [-0.2, 0) is 22.6 Å². The number of nitrogens with zero attached hydrogens (tertiary/aromatic N) is 4. The molecule has 14 heteroatoms. The normalized spacial score (nSPS) is 15.3. The Bertz CT molecular complexity index is 1810. The highest BCUT2D eigenvalue weighted by Crippen LogP contribution is 2.41. The van der Waals surface area contributed by atoms with Crippen molar-refractivity contribution in [1.82, 2.24) is 14.7 Å². The number of halogens is 3. The van der Waals surface area contributed by atoms with Crippen molar-refractivity contribution in [2.45, 2.75) is 19.2 Å².